The van der Waals surface area contributed by atoms with Crippen LogP contribution < -0.4 is 10.2 Å². The number of ether oxygens (including phenoxy) is 2. The lowest BCUT2D eigenvalue weighted by Crippen LogP contribution is -2.19. The van der Waals surface area contributed by atoms with E-state index in [1.54, 1.807) is 42.5 Å². The van der Waals surface area contributed by atoms with Gasteiger partial charge in [-0.1, -0.05) is 29.3 Å². The Hall–Kier alpha value is -2.22. The van der Waals surface area contributed by atoms with Crippen LogP contribution in [-0.4, -0.2) is 37.6 Å². The van der Waals surface area contributed by atoms with Crippen molar-refractivity contribution in [2.45, 2.75) is 5.75 Å². The van der Waals surface area contributed by atoms with Crippen molar-refractivity contribution in [3.8, 4) is 5.75 Å². The van der Waals surface area contributed by atoms with Crippen LogP contribution in [0.2, 0.25) is 10.0 Å². The Labute approximate surface area is 177 Å². The molecular weight excluding hydrogens is 423 g/mol. The topological polar surface area (TPSA) is 77.0 Å². The maximum absolute atomic E-state index is 11.8. The van der Waals surface area contributed by atoms with Crippen molar-refractivity contribution >= 4 is 53.1 Å². The fraction of sp³-hybridized carbons (Fsp3) is 0.211. The summed E-state index contributed by atoms with van der Waals surface area (Å²) in [6.07, 6.45) is 1.51. The molecule has 0 saturated heterocycles. The molecule has 0 atom stereocenters. The number of amides is 1. The van der Waals surface area contributed by atoms with Crippen molar-refractivity contribution < 1.29 is 19.1 Å². The normalized spacial score (nSPS) is 10.7. The number of benzene rings is 2. The van der Waals surface area contributed by atoms with E-state index >= 15 is 0 Å². The summed E-state index contributed by atoms with van der Waals surface area (Å²) in [5, 5.41) is 5.08. The summed E-state index contributed by atoms with van der Waals surface area (Å²) >= 11 is 13.6. The van der Waals surface area contributed by atoms with E-state index in [-0.39, 0.29) is 18.3 Å². The van der Waals surface area contributed by atoms with Crippen LogP contribution in [0.15, 0.2) is 47.6 Å². The number of thioether (sulfide) groups is 1. The van der Waals surface area contributed by atoms with Crippen LogP contribution in [0.3, 0.4) is 0 Å². The van der Waals surface area contributed by atoms with E-state index < -0.39 is 5.97 Å². The molecule has 0 aromatic heterocycles. The molecule has 0 bridgehead atoms. The van der Waals surface area contributed by atoms with Gasteiger partial charge in [0.2, 0.25) is 5.91 Å². The zero-order valence-corrected chi connectivity index (χ0v) is 17.3. The number of esters is 1. The third kappa shape index (κ3) is 7.42. The van der Waals surface area contributed by atoms with E-state index in [1.165, 1.54) is 25.1 Å². The molecule has 6 nitrogen and oxygen atoms in total. The van der Waals surface area contributed by atoms with Crippen LogP contribution in [0, 0.1) is 0 Å². The third-order valence-corrected chi connectivity index (χ3v) is 5.08. The van der Waals surface area contributed by atoms with Gasteiger partial charge >= 0.3 is 5.97 Å². The maximum atomic E-state index is 11.8. The van der Waals surface area contributed by atoms with Gasteiger partial charge in [0.1, 0.15) is 5.75 Å². The first-order valence-electron chi connectivity index (χ1n) is 8.12. The maximum Gasteiger partial charge on any atom is 0.343 e. The average molecular weight is 441 g/mol. The van der Waals surface area contributed by atoms with E-state index in [4.69, 9.17) is 27.9 Å². The first-order valence-corrected chi connectivity index (χ1v) is 10.0. The highest BCUT2D eigenvalue weighted by Gasteiger charge is 2.07. The second kappa shape index (κ2) is 11.6. The van der Waals surface area contributed by atoms with E-state index in [1.807, 2.05) is 0 Å². The molecule has 0 fully saturated rings. The number of nitrogens with zero attached hydrogens (tertiary/aromatic N) is 1. The molecule has 0 saturated carbocycles. The van der Waals surface area contributed by atoms with E-state index in [9.17, 15) is 9.59 Å². The fourth-order valence-electron chi connectivity index (χ4n) is 1.98. The predicted molar refractivity (Wildman–Crippen MR) is 112 cm³/mol. The van der Waals surface area contributed by atoms with Gasteiger partial charge < -0.3 is 9.47 Å². The summed E-state index contributed by atoms with van der Waals surface area (Å²) in [5.41, 5.74) is 4.03. The van der Waals surface area contributed by atoms with Crippen LogP contribution in [-0.2, 0) is 20.1 Å². The number of hydrazone groups is 1. The number of halogens is 2. The molecule has 0 aliphatic heterocycles. The van der Waals surface area contributed by atoms with Gasteiger partial charge in [-0.2, -0.15) is 5.10 Å². The molecule has 28 heavy (non-hydrogen) atoms. The van der Waals surface area contributed by atoms with Gasteiger partial charge in [-0.05, 0) is 47.5 Å². The summed E-state index contributed by atoms with van der Waals surface area (Å²) in [6, 6.07) is 12.2. The van der Waals surface area contributed by atoms with Gasteiger partial charge in [-0.25, -0.2) is 10.2 Å². The smallest absolute Gasteiger partial charge is 0.343 e. The highest BCUT2D eigenvalue weighted by atomic mass is 35.5. The largest absolute Gasteiger partial charge is 0.482 e. The molecule has 2 rings (SSSR count). The van der Waals surface area contributed by atoms with Crippen LogP contribution in [0.5, 0.6) is 5.75 Å². The number of carbonyl (C=O) groups excluding carboxylic acids is 2. The van der Waals surface area contributed by atoms with Gasteiger partial charge in [0.15, 0.2) is 6.61 Å². The van der Waals surface area contributed by atoms with Gasteiger partial charge in [0.05, 0.1) is 19.1 Å². The Morgan fingerprint density at radius 3 is 2.46 bits per heavy atom. The summed E-state index contributed by atoms with van der Waals surface area (Å²) < 4.78 is 9.74. The van der Waals surface area contributed by atoms with Gasteiger partial charge in [0.25, 0.3) is 0 Å². The Morgan fingerprint density at radius 2 is 1.82 bits per heavy atom. The van der Waals surface area contributed by atoms with Gasteiger partial charge in [-0.15, -0.1) is 11.8 Å². The number of rotatable bonds is 9. The molecule has 0 aliphatic carbocycles. The SMILES string of the molecule is COC(=O)COc1ccc(/C=N\NC(=O)CSCc2c(Cl)cccc2Cl)cc1. The highest BCUT2D eigenvalue weighted by Crippen LogP contribution is 2.28. The minimum Gasteiger partial charge on any atom is -0.482 e. The van der Waals surface area contributed by atoms with Crippen molar-refractivity contribution in [1.29, 1.82) is 0 Å². The summed E-state index contributed by atoms with van der Waals surface area (Å²) in [7, 11) is 1.30. The third-order valence-electron chi connectivity index (χ3n) is 3.41. The molecule has 0 unspecified atom stereocenters. The van der Waals surface area contributed by atoms with Crippen molar-refractivity contribution in [1.82, 2.24) is 5.43 Å². The van der Waals surface area contributed by atoms with E-state index in [0.29, 0.717) is 21.5 Å². The molecule has 0 aliphatic rings. The van der Waals surface area contributed by atoms with E-state index in [2.05, 4.69) is 15.3 Å². The lowest BCUT2D eigenvalue weighted by molar-refractivity contribution is -0.142. The molecular formula is C19H18Cl2N2O4S. The molecule has 0 heterocycles. The fourth-order valence-corrected chi connectivity index (χ4v) is 3.54. The van der Waals surface area contributed by atoms with Crippen LogP contribution in [0.25, 0.3) is 0 Å². The lowest BCUT2D eigenvalue weighted by atomic mass is 10.2. The predicted octanol–water partition coefficient (Wildman–Crippen LogP) is 3.93. The number of hydrogen-bond acceptors (Lipinski definition) is 6. The number of nitrogens with one attached hydrogen (secondary N) is 1. The van der Waals surface area contributed by atoms with Crippen LogP contribution >= 0.6 is 35.0 Å². The second-order valence-corrected chi connectivity index (χ2v) is 7.22. The summed E-state index contributed by atoms with van der Waals surface area (Å²) in [4.78, 5) is 22.9. The zero-order valence-electron chi connectivity index (χ0n) is 15.0. The van der Waals surface area contributed by atoms with Crippen LogP contribution in [0.1, 0.15) is 11.1 Å². The van der Waals surface area contributed by atoms with Crippen LogP contribution in [0.4, 0.5) is 0 Å². The van der Waals surface area contributed by atoms with Crippen molar-refractivity contribution in [2.75, 3.05) is 19.5 Å². The quantitative estimate of drug-likeness (QED) is 0.363. The van der Waals surface area contributed by atoms with Gasteiger partial charge in [-0.3, -0.25) is 4.79 Å². The molecule has 0 radical (unpaired) electrons. The monoisotopic (exact) mass is 440 g/mol. The second-order valence-electron chi connectivity index (χ2n) is 5.42. The zero-order chi connectivity index (χ0) is 20.4. The minimum atomic E-state index is -0.456. The van der Waals surface area contributed by atoms with Crippen molar-refractivity contribution in [3.63, 3.8) is 0 Å². The molecule has 0 spiro atoms. The molecule has 1 amide bonds. The first-order chi connectivity index (χ1) is 13.5. The highest BCUT2D eigenvalue weighted by molar-refractivity contribution is 7.99. The molecule has 2 aromatic rings. The van der Waals surface area contributed by atoms with Gasteiger partial charge in [0, 0.05) is 15.8 Å². The number of hydrogen-bond donors (Lipinski definition) is 1. The molecule has 2 aromatic carbocycles. The molecule has 148 valence electrons. The summed E-state index contributed by atoms with van der Waals surface area (Å²) in [6.45, 7) is -0.156. The Bertz CT molecular complexity index is 824. The Morgan fingerprint density at radius 1 is 1.14 bits per heavy atom. The lowest BCUT2D eigenvalue weighted by Gasteiger charge is -2.06. The first kappa shape index (κ1) is 22.1. The van der Waals surface area contributed by atoms with Crippen molar-refractivity contribution in [3.05, 3.63) is 63.6 Å². The minimum absolute atomic E-state index is 0.156. The molecule has 9 heteroatoms. The Kier molecular flexibility index (Phi) is 9.13. The number of carbonyl (C=O) groups is 2. The standard InChI is InChI=1S/C19H18Cl2N2O4S/c1-26-19(25)10-27-14-7-5-13(6-8-14)9-22-23-18(24)12-28-11-15-16(20)3-2-4-17(15)21/h2-9H,10-12H2,1H3,(H,23,24)/b22-9-. The number of methoxy groups -OCH3 is 1. The summed E-state index contributed by atoms with van der Waals surface area (Å²) in [5.74, 6) is 0.591. The Balaban J connectivity index is 1.73. The van der Waals surface area contributed by atoms with E-state index in [0.717, 1.165) is 11.1 Å². The van der Waals surface area contributed by atoms with Crippen molar-refractivity contribution in [2.24, 2.45) is 5.10 Å². The average Bonchev–Trinajstić information content (AvgIpc) is 2.69. The molecule has 1 N–H and O–H groups in total.